The predicted molar refractivity (Wildman–Crippen MR) is 115 cm³/mol. The van der Waals surface area contributed by atoms with Gasteiger partial charge in [0.15, 0.2) is 0 Å². The van der Waals surface area contributed by atoms with Crippen LogP contribution >= 0.6 is 0 Å². The lowest BCUT2D eigenvalue weighted by Crippen LogP contribution is -2.04. The van der Waals surface area contributed by atoms with Crippen molar-refractivity contribution in [2.75, 3.05) is 0 Å². The Bertz CT molecular complexity index is 1490. The van der Waals surface area contributed by atoms with Crippen LogP contribution in [0.25, 0.3) is 33.4 Å². The van der Waals surface area contributed by atoms with E-state index in [0.29, 0.717) is 34.4 Å². The number of hydrogen-bond acceptors (Lipinski definition) is 6. The number of rotatable bonds is 5. The van der Waals surface area contributed by atoms with E-state index in [-0.39, 0.29) is 17.1 Å². The minimum Gasteiger partial charge on any atom is -0.489 e. The average molecular weight is 413 g/mol. The van der Waals surface area contributed by atoms with E-state index in [2.05, 4.69) is 9.97 Å². The van der Waals surface area contributed by atoms with E-state index < -0.39 is 10.5 Å². The number of ether oxygens (including phenoxy) is 1. The quantitative estimate of drug-likeness (QED) is 0.251. The van der Waals surface area contributed by atoms with Crippen LogP contribution in [0.3, 0.4) is 0 Å². The summed E-state index contributed by atoms with van der Waals surface area (Å²) in [6.07, 6.45) is 0. The molecular formula is C23H15N3O5. The predicted octanol–water partition coefficient (Wildman–Crippen LogP) is 4.82. The van der Waals surface area contributed by atoms with Crippen molar-refractivity contribution in [2.24, 2.45) is 0 Å². The highest BCUT2D eigenvalue weighted by molar-refractivity contribution is 5.85. The molecule has 0 spiro atoms. The van der Waals surface area contributed by atoms with Crippen molar-refractivity contribution < 1.29 is 14.1 Å². The summed E-state index contributed by atoms with van der Waals surface area (Å²) in [4.78, 5) is 30.4. The Morgan fingerprint density at radius 2 is 1.87 bits per heavy atom. The highest BCUT2D eigenvalue weighted by atomic mass is 16.6. The number of non-ortho nitro benzene ring substituents is 1. The van der Waals surface area contributed by atoms with Crippen molar-refractivity contribution in [1.82, 2.24) is 9.97 Å². The fourth-order valence-corrected chi connectivity index (χ4v) is 3.33. The van der Waals surface area contributed by atoms with E-state index >= 15 is 0 Å². The van der Waals surface area contributed by atoms with Gasteiger partial charge in [-0.2, -0.15) is 0 Å². The topological polar surface area (TPSA) is 111 Å². The van der Waals surface area contributed by atoms with Crippen LogP contribution in [0.1, 0.15) is 5.56 Å². The Morgan fingerprint density at radius 1 is 1.03 bits per heavy atom. The third-order valence-corrected chi connectivity index (χ3v) is 4.89. The molecule has 0 aliphatic heterocycles. The maximum Gasteiger partial charge on any atom is 0.347 e. The molecule has 0 bridgehead atoms. The van der Waals surface area contributed by atoms with E-state index in [9.17, 15) is 14.9 Å². The maximum atomic E-state index is 12.6. The lowest BCUT2D eigenvalue weighted by molar-refractivity contribution is -0.384. The van der Waals surface area contributed by atoms with Gasteiger partial charge in [-0.3, -0.25) is 10.1 Å². The third kappa shape index (κ3) is 3.62. The number of nitrogens with zero attached hydrogens (tertiary/aromatic N) is 2. The van der Waals surface area contributed by atoms with Gasteiger partial charge < -0.3 is 14.1 Å². The molecule has 0 radical (unpaired) electrons. The number of benzene rings is 3. The van der Waals surface area contributed by atoms with Crippen LogP contribution in [-0.2, 0) is 6.61 Å². The van der Waals surface area contributed by atoms with Gasteiger partial charge >= 0.3 is 5.63 Å². The molecule has 31 heavy (non-hydrogen) atoms. The van der Waals surface area contributed by atoms with Gasteiger partial charge in [0, 0.05) is 23.6 Å². The number of nitrogens with one attached hydrogen (secondary N) is 1. The molecule has 0 atom stereocenters. The number of nitro benzene ring substituents is 1. The van der Waals surface area contributed by atoms with E-state index in [1.807, 2.05) is 30.3 Å². The van der Waals surface area contributed by atoms with Crippen LogP contribution in [0.5, 0.6) is 5.75 Å². The summed E-state index contributed by atoms with van der Waals surface area (Å²) in [7, 11) is 0. The van der Waals surface area contributed by atoms with Crippen LogP contribution < -0.4 is 10.4 Å². The number of fused-ring (bicyclic) bond motifs is 2. The van der Waals surface area contributed by atoms with Crippen LogP contribution in [0, 0.1) is 10.1 Å². The van der Waals surface area contributed by atoms with Gasteiger partial charge in [-0.15, -0.1) is 0 Å². The highest BCUT2D eigenvalue weighted by Crippen LogP contribution is 2.26. The Hall–Kier alpha value is -4.46. The monoisotopic (exact) mass is 413 g/mol. The molecule has 2 aromatic heterocycles. The molecular weight excluding hydrogens is 398 g/mol. The standard InChI is InChI=1S/C23H15N3O5/c27-23-18(22-24-19-9-7-16(26(28)29)11-20(19)25-22)10-15-6-8-17(12-21(15)31-23)30-13-14-4-2-1-3-5-14/h1-12H,13H2,(H,24,25). The molecule has 0 saturated heterocycles. The van der Waals surface area contributed by atoms with Gasteiger partial charge in [0.25, 0.3) is 5.69 Å². The molecule has 5 aromatic rings. The molecule has 0 amide bonds. The van der Waals surface area contributed by atoms with Crippen LogP contribution in [0.2, 0.25) is 0 Å². The van der Waals surface area contributed by atoms with Gasteiger partial charge in [-0.1, -0.05) is 30.3 Å². The van der Waals surface area contributed by atoms with Crippen molar-refractivity contribution in [3.05, 3.63) is 98.9 Å². The zero-order valence-corrected chi connectivity index (χ0v) is 16.1. The van der Waals surface area contributed by atoms with Crippen LogP contribution in [0.4, 0.5) is 5.69 Å². The molecule has 1 N–H and O–H groups in total. The van der Waals surface area contributed by atoms with Crippen molar-refractivity contribution in [3.8, 4) is 17.1 Å². The van der Waals surface area contributed by atoms with Crippen LogP contribution in [0.15, 0.2) is 82.0 Å². The highest BCUT2D eigenvalue weighted by Gasteiger charge is 2.15. The first-order chi connectivity index (χ1) is 15.1. The Labute approximate surface area is 174 Å². The number of hydrogen-bond donors (Lipinski definition) is 1. The molecule has 0 saturated carbocycles. The van der Waals surface area contributed by atoms with Gasteiger partial charge in [0.05, 0.1) is 16.0 Å². The summed E-state index contributed by atoms with van der Waals surface area (Å²) in [5, 5.41) is 11.7. The van der Waals surface area contributed by atoms with Gasteiger partial charge in [-0.25, -0.2) is 9.78 Å². The minimum absolute atomic E-state index is 0.0590. The van der Waals surface area contributed by atoms with Gasteiger partial charge in [0.1, 0.15) is 29.3 Å². The zero-order valence-electron chi connectivity index (χ0n) is 16.1. The molecule has 3 aromatic carbocycles. The second kappa shape index (κ2) is 7.42. The Morgan fingerprint density at radius 3 is 2.68 bits per heavy atom. The first-order valence-electron chi connectivity index (χ1n) is 9.46. The molecule has 0 fully saturated rings. The first kappa shape index (κ1) is 18.6. The molecule has 0 aliphatic rings. The second-order valence-corrected chi connectivity index (χ2v) is 6.97. The summed E-state index contributed by atoms with van der Waals surface area (Å²) in [5.74, 6) is 0.874. The molecule has 8 heteroatoms. The maximum absolute atomic E-state index is 12.6. The third-order valence-electron chi connectivity index (χ3n) is 4.89. The number of aromatic amines is 1. The summed E-state index contributed by atoms with van der Waals surface area (Å²) < 4.78 is 11.3. The molecule has 5 rings (SSSR count). The molecule has 152 valence electrons. The smallest absolute Gasteiger partial charge is 0.347 e. The lowest BCUT2D eigenvalue weighted by atomic mass is 10.1. The van der Waals surface area contributed by atoms with Gasteiger partial charge in [-0.05, 0) is 29.8 Å². The second-order valence-electron chi connectivity index (χ2n) is 6.97. The van der Waals surface area contributed by atoms with Crippen molar-refractivity contribution in [2.45, 2.75) is 6.61 Å². The fraction of sp³-hybridized carbons (Fsp3) is 0.0435. The fourth-order valence-electron chi connectivity index (χ4n) is 3.33. The summed E-state index contributed by atoms with van der Waals surface area (Å²) >= 11 is 0. The summed E-state index contributed by atoms with van der Waals surface area (Å²) in [6, 6.07) is 21.0. The number of H-pyrrole nitrogens is 1. The molecule has 8 nitrogen and oxygen atoms in total. The van der Waals surface area contributed by atoms with E-state index in [1.165, 1.54) is 18.2 Å². The largest absolute Gasteiger partial charge is 0.489 e. The molecule has 2 heterocycles. The number of nitro groups is 1. The summed E-state index contributed by atoms with van der Waals surface area (Å²) in [6.45, 7) is 0.403. The van der Waals surface area contributed by atoms with Crippen molar-refractivity contribution in [1.29, 1.82) is 0 Å². The van der Waals surface area contributed by atoms with Crippen molar-refractivity contribution >= 4 is 27.7 Å². The van der Waals surface area contributed by atoms with Crippen LogP contribution in [-0.4, -0.2) is 14.9 Å². The lowest BCUT2D eigenvalue weighted by Gasteiger charge is -2.07. The van der Waals surface area contributed by atoms with Crippen molar-refractivity contribution in [3.63, 3.8) is 0 Å². The average Bonchev–Trinajstić information content (AvgIpc) is 3.21. The normalized spacial score (nSPS) is 11.1. The van der Waals surface area contributed by atoms with E-state index in [0.717, 1.165) is 5.56 Å². The van der Waals surface area contributed by atoms with E-state index in [1.54, 1.807) is 24.3 Å². The number of imidazole rings is 1. The molecule has 0 unspecified atom stereocenters. The zero-order chi connectivity index (χ0) is 21.4. The first-order valence-corrected chi connectivity index (χ1v) is 9.46. The minimum atomic E-state index is -0.568. The Kier molecular flexibility index (Phi) is 4.44. The van der Waals surface area contributed by atoms with E-state index in [4.69, 9.17) is 9.15 Å². The number of aromatic nitrogens is 2. The SMILES string of the molecule is O=c1oc2cc(OCc3ccccc3)ccc2cc1-c1nc2ccc([N+](=O)[O-])cc2[nH]1. The molecule has 0 aliphatic carbocycles. The summed E-state index contributed by atoms with van der Waals surface area (Å²) in [5.41, 5.74) is 2.02. The van der Waals surface area contributed by atoms with Gasteiger partial charge in [0.2, 0.25) is 0 Å². The Balaban J connectivity index is 1.47.